The van der Waals surface area contributed by atoms with Crippen molar-refractivity contribution in [2.24, 2.45) is 0 Å². The van der Waals surface area contributed by atoms with Crippen LogP contribution in [0.25, 0.3) is 0 Å². The first kappa shape index (κ1) is 14.9. The molecule has 0 radical (unpaired) electrons. The first-order chi connectivity index (χ1) is 8.30. The molecule has 0 heterocycles. The van der Waals surface area contributed by atoms with E-state index in [0.29, 0.717) is 0 Å². The molecule has 0 saturated heterocycles. The minimum Gasteiger partial charge on any atom is -0.465 e. The number of carbonyl (C=O) groups excluding carboxylic acids is 1. The van der Waals surface area contributed by atoms with Crippen molar-refractivity contribution in [3.05, 3.63) is 27.7 Å². The molecule has 96 valence electrons. The zero-order chi connectivity index (χ0) is 13.9. The van der Waals surface area contributed by atoms with Crippen molar-refractivity contribution in [1.29, 1.82) is 5.26 Å². The SMILES string of the molecule is COC(=O)c1c(SC(F)(F)F)ccc(C#N)c1Br. The number of halogens is 4. The molecule has 3 nitrogen and oxygen atoms in total. The van der Waals surface area contributed by atoms with Crippen LogP contribution in [0.3, 0.4) is 0 Å². The summed E-state index contributed by atoms with van der Waals surface area (Å²) in [5, 5.41) is 8.76. The van der Waals surface area contributed by atoms with Gasteiger partial charge in [-0.05, 0) is 39.8 Å². The van der Waals surface area contributed by atoms with E-state index >= 15 is 0 Å². The molecule has 0 saturated carbocycles. The number of alkyl halides is 3. The van der Waals surface area contributed by atoms with E-state index in [1.54, 1.807) is 6.07 Å². The fraction of sp³-hybridized carbons (Fsp3) is 0.200. The highest BCUT2D eigenvalue weighted by atomic mass is 79.9. The van der Waals surface area contributed by atoms with E-state index in [9.17, 15) is 18.0 Å². The Kier molecular flexibility index (Phi) is 4.65. The van der Waals surface area contributed by atoms with E-state index in [1.165, 1.54) is 6.07 Å². The van der Waals surface area contributed by atoms with Gasteiger partial charge in [-0.1, -0.05) is 0 Å². The lowest BCUT2D eigenvalue weighted by atomic mass is 10.1. The first-order valence-corrected chi connectivity index (χ1v) is 5.97. The van der Waals surface area contributed by atoms with Gasteiger partial charge in [-0.15, -0.1) is 0 Å². The number of methoxy groups -OCH3 is 1. The van der Waals surface area contributed by atoms with Crippen LogP contribution in [0.15, 0.2) is 21.5 Å². The quantitative estimate of drug-likeness (QED) is 0.608. The van der Waals surface area contributed by atoms with Gasteiger partial charge >= 0.3 is 11.5 Å². The molecular weight excluding hydrogens is 335 g/mol. The maximum atomic E-state index is 12.3. The smallest absolute Gasteiger partial charge is 0.446 e. The Morgan fingerprint density at radius 1 is 1.50 bits per heavy atom. The number of thioether (sulfide) groups is 1. The number of ether oxygens (including phenoxy) is 1. The highest BCUT2D eigenvalue weighted by Crippen LogP contribution is 2.41. The summed E-state index contributed by atoms with van der Waals surface area (Å²) in [6, 6.07) is 4.02. The Hall–Kier alpha value is -1.20. The molecule has 0 aliphatic rings. The van der Waals surface area contributed by atoms with Gasteiger partial charge in [0, 0.05) is 4.90 Å². The van der Waals surface area contributed by atoms with Gasteiger partial charge < -0.3 is 4.74 Å². The third-order valence-corrected chi connectivity index (χ3v) is 3.45. The number of carbonyl (C=O) groups is 1. The van der Waals surface area contributed by atoms with Crippen molar-refractivity contribution in [2.45, 2.75) is 10.4 Å². The van der Waals surface area contributed by atoms with Gasteiger partial charge in [-0.25, -0.2) is 4.79 Å². The van der Waals surface area contributed by atoms with Crippen LogP contribution in [0.1, 0.15) is 15.9 Å². The monoisotopic (exact) mass is 339 g/mol. The minimum absolute atomic E-state index is 0.00824. The lowest BCUT2D eigenvalue weighted by Gasteiger charge is -2.12. The fourth-order valence-electron chi connectivity index (χ4n) is 1.15. The number of hydrogen-bond donors (Lipinski definition) is 0. The Morgan fingerprint density at radius 2 is 2.11 bits per heavy atom. The Balaban J connectivity index is 3.40. The summed E-state index contributed by atoms with van der Waals surface area (Å²) < 4.78 is 41.4. The molecule has 0 bridgehead atoms. The maximum Gasteiger partial charge on any atom is 0.446 e. The molecule has 0 unspecified atom stereocenters. The summed E-state index contributed by atoms with van der Waals surface area (Å²) in [7, 11) is 1.05. The van der Waals surface area contributed by atoms with Gasteiger partial charge in [0.25, 0.3) is 0 Å². The number of hydrogen-bond acceptors (Lipinski definition) is 4. The largest absolute Gasteiger partial charge is 0.465 e. The van der Waals surface area contributed by atoms with Gasteiger partial charge in [0.1, 0.15) is 6.07 Å². The van der Waals surface area contributed by atoms with Crippen LogP contribution in [0.4, 0.5) is 13.2 Å². The van der Waals surface area contributed by atoms with Crippen LogP contribution in [0.5, 0.6) is 0 Å². The first-order valence-electron chi connectivity index (χ1n) is 4.36. The van der Waals surface area contributed by atoms with Crippen LogP contribution in [0.2, 0.25) is 0 Å². The zero-order valence-electron chi connectivity index (χ0n) is 8.84. The summed E-state index contributed by atoms with van der Waals surface area (Å²) >= 11 is 2.50. The van der Waals surface area contributed by atoms with Crippen LogP contribution < -0.4 is 0 Å². The Labute approximate surface area is 113 Å². The topological polar surface area (TPSA) is 50.1 Å². The van der Waals surface area contributed by atoms with Crippen LogP contribution >= 0.6 is 27.7 Å². The summed E-state index contributed by atoms with van der Waals surface area (Å²) in [4.78, 5) is 11.1. The molecule has 8 heteroatoms. The van der Waals surface area contributed by atoms with Crippen molar-refractivity contribution in [2.75, 3.05) is 7.11 Å². The number of nitrogens with zero attached hydrogens (tertiary/aromatic N) is 1. The third kappa shape index (κ3) is 3.40. The molecule has 0 atom stereocenters. The predicted molar refractivity (Wildman–Crippen MR) is 62.1 cm³/mol. The standard InChI is InChI=1S/C10H5BrF3NO2S/c1-17-9(16)7-6(18-10(12,13)14)3-2-5(4-15)8(7)11/h2-3H,1H3. The molecule has 0 amide bonds. The van der Waals surface area contributed by atoms with Gasteiger partial charge in [0.05, 0.1) is 22.7 Å². The maximum absolute atomic E-state index is 12.3. The van der Waals surface area contributed by atoms with Crippen LogP contribution in [-0.4, -0.2) is 18.6 Å². The fourth-order valence-corrected chi connectivity index (χ4v) is 2.55. The lowest BCUT2D eigenvalue weighted by Crippen LogP contribution is -2.08. The van der Waals surface area contributed by atoms with Gasteiger partial charge in [0.15, 0.2) is 0 Å². The summed E-state index contributed by atoms with van der Waals surface area (Å²) in [5.74, 6) is -0.939. The second-order valence-corrected chi connectivity index (χ2v) is 4.85. The Morgan fingerprint density at radius 3 is 2.56 bits per heavy atom. The molecular formula is C10H5BrF3NO2S. The summed E-state index contributed by atoms with van der Waals surface area (Å²) in [6.07, 6.45) is 0. The number of nitriles is 1. The van der Waals surface area contributed by atoms with Crippen LogP contribution in [0, 0.1) is 11.3 Å². The van der Waals surface area contributed by atoms with Crippen molar-refractivity contribution in [3.63, 3.8) is 0 Å². The van der Waals surface area contributed by atoms with Gasteiger partial charge in [-0.2, -0.15) is 18.4 Å². The molecule has 0 aromatic heterocycles. The lowest BCUT2D eigenvalue weighted by molar-refractivity contribution is -0.0328. The number of esters is 1. The predicted octanol–water partition coefficient (Wildman–Crippen LogP) is 3.72. The van der Waals surface area contributed by atoms with Crippen LogP contribution in [-0.2, 0) is 4.74 Å². The van der Waals surface area contributed by atoms with E-state index in [1.807, 2.05) is 0 Å². The zero-order valence-corrected chi connectivity index (χ0v) is 11.2. The van der Waals surface area contributed by atoms with Crippen molar-refractivity contribution in [1.82, 2.24) is 0 Å². The molecule has 18 heavy (non-hydrogen) atoms. The molecule has 1 rings (SSSR count). The van der Waals surface area contributed by atoms with E-state index in [2.05, 4.69) is 20.7 Å². The Bertz CT molecular complexity index is 525. The molecule has 1 aromatic rings. The average molecular weight is 340 g/mol. The van der Waals surface area contributed by atoms with Crippen molar-refractivity contribution < 1.29 is 22.7 Å². The molecule has 0 spiro atoms. The van der Waals surface area contributed by atoms with Gasteiger partial charge in [-0.3, -0.25) is 0 Å². The van der Waals surface area contributed by atoms with Crippen molar-refractivity contribution in [3.8, 4) is 6.07 Å². The minimum atomic E-state index is -4.53. The normalized spacial score (nSPS) is 10.9. The van der Waals surface area contributed by atoms with Gasteiger partial charge in [0.2, 0.25) is 0 Å². The summed E-state index contributed by atoms with van der Waals surface area (Å²) in [6.45, 7) is 0. The molecule has 0 aliphatic heterocycles. The van der Waals surface area contributed by atoms with E-state index < -0.39 is 23.2 Å². The molecule has 0 aliphatic carbocycles. The molecule has 0 fully saturated rings. The molecule has 0 N–H and O–H groups in total. The average Bonchev–Trinajstić information content (AvgIpc) is 2.26. The second kappa shape index (κ2) is 5.63. The number of rotatable bonds is 2. The van der Waals surface area contributed by atoms with E-state index in [4.69, 9.17) is 5.26 Å². The third-order valence-electron chi connectivity index (χ3n) is 1.84. The summed E-state index contributed by atoms with van der Waals surface area (Å²) in [5.41, 5.74) is -4.78. The highest BCUT2D eigenvalue weighted by Gasteiger charge is 2.32. The molecule has 1 aromatic carbocycles. The van der Waals surface area contributed by atoms with E-state index in [0.717, 1.165) is 13.2 Å². The second-order valence-electron chi connectivity index (χ2n) is 2.95. The van der Waals surface area contributed by atoms with E-state index in [-0.39, 0.29) is 20.5 Å². The highest BCUT2D eigenvalue weighted by molar-refractivity contribution is 9.10. The van der Waals surface area contributed by atoms with Crippen molar-refractivity contribution >= 4 is 33.7 Å². The number of benzene rings is 1.